The van der Waals surface area contributed by atoms with E-state index in [1.165, 1.54) is 0 Å². The molecule has 2 atom stereocenters. The van der Waals surface area contributed by atoms with E-state index in [2.05, 4.69) is 26.8 Å². The minimum absolute atomic E-state index is 0.254. The largest absolute Gasteiger partial charge is 0.483 e. The van der Waals surface area contributed by atoms with Crippen LogP contribution in [0.4, 0.5) is 0 Å². The first-order chi connectivity index (χ1) is 11.9. The van der Waals surface area contributed by atoms with Gasteiger partial charge in [0.15, 0.2) is 6.61 Å². The second-order valence-corrected chi connectivity index (χ2v) is 6.99. The lowest BCUT2D eigenvalue weighted by molar-refractivity contribution is -0.149. The summed E-state index contributed by atoms with van der Waals surface area (Å²) in [5.74, 6) is -2.71. The van der Waals surface area contributed by atoms with E-state index in [1.807, 2.05) is 13.0 Å². The molecule has 25 heavy (non-hydrogen) atoms. The van der Waals surface area contributed by atoms with Crippen LogP contribution in [0.3, 0.4) is 0 Å². The van der Waals surface area contributed by atoms with E-state index < -0.39 is 29.6 Å². The number of amides is 2. The van der Waals surface area contributed by atoms with Crippen molar-refractivity contribution in [3.63, 3.8) is 0 Å². The van der Waals surface area contributed by atoms with Crippen molar-refractivity contribution >= 4 is 33.7 Å². The van der Waals surface area contributed by atoms with Crippen LogP contribution in [0.25, 0.3) is 0 Å². The van der Waals surface area contributed by atoms with Crippen molar-refractivity contribution in [2.45, 2.75) is 32.6 Å². The summed E-state index contributed by atoms with van der Waals surface area (Å²) in [4.78, 5) is 35.2. The standard InChI is InChI=1S/C17H21BrN2O5/c1-10-8-11(18)6-7-14(10)25-9-15(21)19-20-16(22)12-4-2-3-5-13(12)17(23)24/h6-8,12-13H,2-5,9H2,1H3,(H,19,21)(H,20,22)(H,23,24). The van der Waals surface area contributed by atoms with Gasteiger partial charge in [-0.15, -0.1) is 0 Å². The Hall–Kier alpha value is -2.09. The van der Waals surface area contributed by atoms with Crippen molar-refractivity contribution in [3.8, 4) is 5.75 Å². The van der Waals surface area contributed by atoms with E-state index in [0.29, 0.717) is 18.6 Å². The predicted molar refractivity (Wildman–Crippen MR) is 93.7 cm³/mol. The van der Waals surface area contributed by atoms with Gasteiger partial charge in [0.25, 0.3) is 5.91 Å². The molecule has 2 unspecified atom stereocenters. The third-order valence-corrected chi connectivity index (χ3v) is 4.73. The molecule has 3 N–H and O–H groups in total. The van der Waals surface area contributed by atoms with Crippen molar-refractivity contribution in [1.82, 2.24) is 10.9 Å². The SMILES string of the molecule is Cc1cc(Br)ccc1OCC(=O)NNC(=O)C1CCCCC1C(=O)O. The molecule has 0 saturated heterocycles. The van der Waals surface area contributed by atoms with Crippen LogP contribution >= 0.6 is 15.9 Å². The summed E-state index contributed by atoms with van der Waals surface area (Å²) >= 11 is 3.35. The fraction of sp³-hybridized carbons (Fsp3) is 0.471. The smallest absolute Gasteiger partial charge is 0.307 e. The monoisotopic (exact) mass is 412 g/mol. The maximum Gasteiger partial charge on any atom is 0.307 e. The van der Waals surface area contributed by atoms with Crippen LogP contribution < -0.4 is 15.6 Å². The molecule has 0 heterocycles. The number of nitrogens with one attached hydrogen (secondary N) is 2. The molecule has 0 aromatic heterocycles. The molecule has 1 fully saturated rings. The molecule has 0 spiro atoms. The van der Waals surface area contributed by atoms with Crippen LogP contribution in [-0.4, -0.2) is 29.5 Å². The molecule has 1 saturated carbocycles. The molecular weight excluding hydrogens is 392 g/mol. The van der Waals surface area contributed by atoms with E-state index in [9.17, 15) is 19.5 Å². The van der Waals surface area contributed by atoms with Gasteiger partial charge in [-0.25, -0.2) is 0 Å². The van der Waals surface area contributed by atoms with Gasteiger partial charge in [-0.2, -0.15) is 0 Å². The van der Waals surface area contributed by atoms with Crippen LogP contribution in [0.2, 0.25) is 0 Å². The van der Waals surface area contributed by atoms with E-state index in [4.69, 9.17) is 4.74 Å². The number of hydrazine groups is 1. The van der Waals surface area contributed by atoms with Crippen LogP contribution in [0.1, 0.15) is 31.2 Å². The lowest BCUT2D eigenvalue weighted by Gasteiger charge is -2.27. The molecule has 0 radical (unpaired) electrons. The van der Waals surface area contributed by atoms with Crippen LogP contribution in [0, 0.1) is 18.8 Å². The molecular formula is C17H21BrN2O5. The van der Waals surface area contributed by atoms with Gasteiger partial charge in [-0.05, 0) is 43.5 Å². The summed E-state index contributed by atoms with van der Waals surface area (Å²) < 4.78 is 6.32. The van der Waals surface area contributed by atoms with Gasteiger partial charge in [0.05, 0.1) is 11.8 Å². The van der Waals surface area contributed by atoms with Gasteiger partial charge in [0.2, 0.25) is 5.91 Å². The third kappa shape index (κ3) is 5.45. The molecule has 0 aliphatic heterocycles. The summed E-state index contributed by atoms with van der Waals surface area (Å²) in [5, 5.41) is 9.20. The molecule has 1 aromatic carbocycles. The summed E-state index contributed by atoms with van der Waals surface area (Å²) in [7, 11) is 0. The zero-order valence-electron chi connectivity index (χ0n) is 13.9. The summed E-state index contributed by atoms with van der Waals surface area (Å²) in [6, 6.07) is 5.41. The molecule has 1 aromatic rings. The van der Waals surface area contributed by atoms with Crippen LogP contribution in [0.15, 0.2) is 22.7 Å². The fourth-order valence-corrected chi connectivity index (χ4v) is 3.39. The second kappa shape index (κ2) is 8.84. The number of benzene rings is 1. The summed E-state index contributed by atoms with van der Waals surface area (Å²) in [6.45, 7) is 1.60. The number of halogens is 1. The minimum atomic E-state index is -0.972. The Kier molecular flexibility index (Phi) is 6.81. The minimum Gasteiger partial charge on any atom is -0.483 e. The van der Waals surface area contributed by atoms with Gasteiger partial charge >= 0.3 is 5.97 Å². The molecule has 2 amide bonds. The Bertz CT molecular complexity index is 664. The van der Waals surface area contributed by atoms with Crippen LogP contribution in [0.5, 0.6) is 5.75 Å². The molecule has 2 rings (SSSR count). The van der Waals surface area contributed by atoms with Gasteiger partial charge in [-0.3, -0.25) is 25.2 Å². The van der Waals surface area contributed by atoms with Crippen molar-refractivity contribution in [2.24, 2.45) is 11.8 Å². The number of hydrogen-bond donors (Lipinski definition) is 3. The highest BCUT2D eigenvalue weighted by atomic mass is 79.9. The van der Waals surface area contributed by atoms with E-state index >= 15 is 0 Å². The Labute approximate surface area is 154 Å². The zero-order valence-corrected chi connectivity index (χ0v) is 15.5. The van der Waals surface area contributed by atoms with Crippen molar-refractivity contribution in [2.75, 3.05) is 6.61 Å². The first kappa shape index (κ1) is 19.2. The average Bonchev–Trinajstić information content (AvgIpc) is 2.58. The Morgan fingerprint density at radius 1 is 1.20 bits per heavy atom. The third-order valence-electron chi connectivity index (χ3n) is 4.24. The fourth-order valence-electron chi connectivity index (χ4n) is 2.92. The zero-order chi connectivity index (χ0) is 18.4. The molecule has 8 heteroatoms. The van der Waals surface area contributed by atoms with Crippen LogP contribution in [-0.2, 0) is 14.4 Å². The predicted octanol–water partition coefficient (Wildman–Crippen LogP) is 2.17. The number of carbonyl (C=O) groups is 3. The normalized spacial score (nSPS) is 19.8. The maximum atomic E-state index is 12.1. The number of carboxylic acids is 1. The van der Waals surface area contributed by atoms with Crippen molar-refractivity contribution in [3.05, 3.63) is 28.2 Å². The quantitative estimate of drug-likeness (QED) is 0.642. The van der Waals surface area contributed by atoms with Gasteiger partial charge in [-0.1, -0.05) is 28.8 Å². The first-order valence-corrected chi connectivity index (χ1v) is 8.88. The molecule has 7 nitrogen and oxygen atoms in total. The Morgan fingerprint density at radius 2 is 1.88 bits per heavy atom. The van der Waals surface area contributed by atoms with E-state index in [-0.39, 0.29) is 6.61 Å². The molecule has 0 bridgehead atoms. The Balaban J connectivity index is 1.80. The summed E-state index contributed by atoms with van der Waals surface area (Å²) in [6.07, 6.45) is 2.59. The topological polar surface area (TPSA) is 105 Å². The van der Waals surface area contributed by atoms with Crippen molar-refractivity contribution in [1.29, 1.82) is 0 Å². The van der Waals surface area contributed by atoms with Crippen molar-refractivity contribution < 1.29 is 24.2 Å². The lowest BCUT2D eigenvalue weighted by Crippen LogP contribution is -2.49. The van der Waals surface area contributed by atoms with E-state index in [1.54, 1.807) is 12.1 Å². The second-order valence-electron chi connectivity index (χ2n) is 6.07. The number of ether oxygens (including phenoxy) is 1. The Morgan fingerprint density at radius 3 is 2.52 bits per heavy atom. The highest BCUT2D eigenvalue weighted by Crippen LogP contribution is 2.30. The van der Waals surface area contributed by atoms with Gasteiger partial charge < -0.3 is 9.84 Å². The van der Waals surface area contributed by atoms with E-state index in [0.717, 1.165) is 22.9 Å². The average molecular weight is 413 g/mol. The number of carboxylic acid groups (broad SMARTS) is 1. The summed E-state index contributed by atoms with van der Waals surface area (Å²) in [5.41, 5.74) is 5.46. The first-order valence-electron chi connectivity index (χ1n) is 8.09. The molecule has 1 aliphatic carbocycles. The number of aryl methyl sites for hydroxylation is 1. The number of aliphatic carboxylic acids is 1. The highest BCUT2D eigenvalue weighted by molar-refractivity contribution is 9.10. The highest BCUT2D eigenvalue weighted by Gasteiger charge is 2.35. The number of carbonyl (C=O) groups excluding carboxylic acids is 2. The molecule has 1 aliphatic rings. The lowest BCUT2D eigenvalue weighted by atomic mass is 9.79. The molecule has 136 valence electrons. The maximum absolute atomic E-state index is 12.1. The number of rotatable bonds is 5. The number of hydrogen-bond acceptors (Lipinski definition) is 4. The van der Waals surface area contributed by atoms with Gasteiger partial charge in [0, 0.05) is 4.47 Å². The van der Waals surface area contributed by atoms with Gasteiger partial charge in [0.1, 0.15) is 5.75 Å².